The van der Waals surface area contributed by atoms with Gasteiger partial charge in [-0.15, -0.1) is 0 Å². The van der Waals surface area contributed by atoms with E-state index in [-0.39, 0.29) is 5.90 Å². The molecule has 1 fully saturated rings. The third-order valence-electron chi connectivity index (χ3n) is 0.747. The van der Waals surface area contributed by atoms with Crippen LogP contribution in [-0.4, -0.2) is 17.9 Å². The number of hydrogen-bond donors (Lipinski definition) is 2. The van der Waals surface area contributed by atoms with Crippen molar-refractivity contribution in [1.29, 1.82) is 5.41 Å². The number of rotatable bonds is 0. The minimum absolute atomic E-state index is 0.134. The van der Waals surface area contributed by atoms with Crippen LogP contribution in [0, 0.1) is 5.41 Å². The first kappa shape index (κ1) is 4.26. The second-order valence-corrected chi connectivity index (χ2v) is 1.26. The van der Waals surface area contributed by atoms with Crippen molar-refractivity contribution in [2.24, 2.45) is 5.73 Å². The highest BCUT2D eigenvalue weighted by molar-refractivity contribution is 6.14. The zero-order valence-corrected chi connectivity index (χ0v) is 3.47. The van der Waals surface area contributed by atoms with Crippen LogP contribution >= 0.6 is 0 Å². The van der Waals surface area contributed by atoms with Crippen molar-refractivity contribution in [3.05, 3.63) is 0 Å². The van der Waals surface area contributed by atoms with Gasteiger partial charge in [-0.05, 0) is 0 Å². The van der Waals surface area contributed by atoms with Crippen LogP contribution < -0.4 is 5.73 Å². The smallest absolute Gasteiger partial charge is 0.339 e. The second-order valence-electron chi connectivity index (χ2n) is 1.26. The summed E-state index contributed by atoms with van der Waals surface area (Å²) in [5.74, 6) is -0.644. The summed E-state index contributed by atoms with van der Waals surface area (Å²) >= 11 is 0. The minimum Gasteiger partial charge on any atom is -0.408 e. The lowest BCUT2D eigenvalue weighted by Gasteiger charge is -2.19. The van der Waals surface area contributed by atoms with Crippen molar-refractivity contribution >= 4 is 11.9 Å². The fourth-order valence-corrected chi connectivity index (χ4v) is 0.284. The van der Waals surface area contributed by atoms with Crippen LogP contribution in [-0.2, 0) is 9.53 Å². The maximum Gasteiger partial charge on any atom is 0.339 e. The first-order chi connectivity index (χ1) is 3.22. The molecule has 0 aliphatic carbocycles. The third kappa shape index (κ3) is 0.398. The molecule has 1 atom stereocenters. The zero-order valence-electron chi connectivity index (χ0n) is 3.47. The SMILES string of the molecule is N=C1OC(=O)C1N. The molecular formula is C3H4N2O2. The van der Waals surface area contributed by atoms with Gasteiger partial charge in [-0.2, -0.15) is 0 Å². The lowest BCUT2D eigenvalue weighted by Crippen LogP contribution is -2.51. The van der Waals surface area contributed by atoms with Crippen LogP contribution in [0.15, 0.2) is 0 Å². The van der Waals surface area contributed by atoms with E-state index in [1.165, 1.54) is 0 Å². The van der Waals surface area contributed by atoms with Gasteiger partial charge in [-0.3, -0.25) is 5.41 Å². The summed E-state index contributed by atoms with van der Waals surface area (Å²) in [6.07, 6.45) is 0. The van der Waals surface area contributed by atoms with E-state index in [9.17, 15) is 4.79 Å². The summed E-state index contributed by atoms with van der Waals surface area (Å²) in [5.41, 5.74) is 4.97. The number of nitrogens with one attached hydrogen (secondary N) is 1. The molecule has 1 aliphatic heterocycles. The second kappa shape index (κ2) is 1.04. The van der Waals surface area contributed by atoms with E-state index in [4.69, 9.17) is 11.1 Å². The molecule has 0 spiro atoms. The molecule has 0 radical (unpaired) electrons. The first-order valence-electron chi connectivity index (χ1n) is 1.77. The van der Waals surface area contributed by atoms with Crippen molar-refractivity contribution in [2.75, 3.05) is 0 Å². The standard InChI is InChI=1S/C3H4N2O2/c4-1-2(5)7-3(1)6/h1,5H,4H2. The van der Waals surface area contributed by atoms with Gasteiger partial charge in [0.15, 0.2) is 6.04 Å². The molecule has 1 aliphatic rings. The Morgan fingerprint density at radius 2 is 2.43 bits per heavy atom. The maximum absolute atomic E-state index is 9.95. The maximum atomic E-state index is 9.95. The zero-order chi connectivity index (χ0) is 5.44. The number of esters is 1. The quantitative estimate of drug-likeness (QED) is 0.377. The summed E-state index contributed by atoms with van der Waals surface area (Å²) < 4.78 is 4.07. The van der Waals surface area contributed by atoms with Crippen LogP contribution in [0.4, 0.5) is 0 Å². The first-order valence-corrected chi connectivity index (χ1v) is 1.77. The summed E-state index contributed by atoms with van der Waals surface area (Å²) in [5, 5.41) is 6.60. The highest BCUT2D eigenvalue weighted by Gasteiger charge is 2.33. The van der Waals surface area contributed by atoms with Crippen molar-refractivity contribution in [3.63, 3.8) is 0 Å². The van der Waals surface area contributed by atoms with E-state index in [0.29, 0.717) is 0 Å². The Balaban J connectivity index is 2.59. The molecule has 1 rings (SSSR count). The molecule has 0 aromatic heterocycles. The number of cyclic esters (lactones) is 1. The lowest BCUT2D eigenvalue weighted by molar-refractivity contribution is -0.142. The van der Waals surface area contributed by atoms with Crippen LogP contribution in [0.5, 0.6) is 0 Å². The highest BCUT2D eigenvalue weighted by atomic mass is 16.6. The van der Waals surface area contributed by atoms with Crippen LogP contribution in [0.25, 0.3) is 0 Å². The van der Waals surface area contributed by atoms with Gasteiger partial charge < -0.3 is 10.5 Å². The van der Waals surface area contributed by atoms with Gasteiger partial charge in [0.05, 0.1) is 0 Å². The highest BCUT2D eigenvalue weighted by Crippen LogP contribution is 2.00. The van der Waals surface area contributed by atoms with Gasteiger partial charge in [0.25, 0.3) is 0 Å². The Labute approximate surface area is 39.8 Å². The number of ether oxygens (including phenoxy) is 1. The van der Waals surface area contributed by atoms with Crippen molar-refractivity contribution in [1.82, 2.24) is 0 Å². The van der Waals surface area contributed by atoms with Crippen LogP contribution in [0.2, 0.25) is 0 Å². The van der Waals surface area contributed by atoms with Gasteiger partial charge in [0.2, 0.25) is 5.90 Å². The molecule has 38 valence electrons. The van der Waals surface area contributed by atoms with Crippen molar-refractivity contribution in [2.45, 2.75) is 6.04 Å². The van der Waals surface area contributed by atoms with E-state index in [0.717, 1.165) is 0 Å². The van der Waals surface area contributed by atoms with Gasteiger partial charge in [-0.25, -0.2) is 4.79 Å². The van der Waals surface area contributed by atoms with Crippen LogP contribution in [0.3, 0.4) is 0 Å². The largest absolute Gasteiger partial charge is 0.408 e. The molecule has 1 heterocycles. The normalized spacial score (nSPS) is 29.0. The van der Waals surface area contributed by atoms with Crippen LogP contribution in [0.1, 0.15) is 0 Å². The molecule has 0 amide bonds. The Kier molecular flexibility index (Phi) is 0.631. The van der Waals surface area contributed by atoms with Gasteiger partial charge in [0, 0.05) is 0 Å². The Bertz CT molecular complexity index is 117. The monoisotopic (exact) mass is 100 g/mol. The molecule has 0 aromatic carbocycles. The van der Waals surface area contributed by atoms with Gasteiger partial charge in [-0.1, -0.05) is 0 Å². The molecule has 4 nitrogen and oxygen atoms in total. The number of hydrogen-bond acceptors (Lipinski definition) is 4. The Hall–Kier alpha value is -0.900. The summed E-state index contributed by atoms with van der Waals surface area (Å²) in [6, 6.07) is -0.778. The number of carbonyl (C=O) groups excluding carboxylic acids is 1. The van der Waals surface area contributed by atoms with Gasteiger partial charge >= 0.3 is 5.97 Å². The molecule has 1 saturated heterocycles. The fraction of sp³-hybridized carbons (Fsp3) is 0.333. The third-order valence-corrected chi connectivity index (χ3v) is 0.747. The molecule has 3 N–H and O–H groups in total. The van der Waals surface area contributed by atoms with E-state index < -0.39 is 12.0 Å². The predicted molar refractivity (Wildman–Crippen MR) is 21.8 cm³/mol. The van der Waals surface area contributed by atoms with E-state index in [2.05, 4.69) is 4.74 Å². The lowest BCUT2D eigenvalue weighted by atomic mass is 10.2. The average molecular weight is 100 g/mol. The van der Waals surface area contributed by atoms with E-state index >= 15 is 0 Å². The topological polar surface area (TPSA) is 76.2 Å². The van der Waals surface area contributed by atoms with E-state index in [1.54, 1.807) is 0 Å². The summed E-state index contributed by atoms with van der Waals surface area (Å²) in [4.78, 5) is 9.95. The van der Waals surface area contributed by atoms with E-state index in [1.807, 2.05) is 0 Å². The molecule has 1 unspecified atom stereocenters. The van der Waals surface area contributed by atoms with Gasteiger partial charge in [0.1, 0.15) is 0 Å². The Morgan fingerprint density at radius 1 is 1.86 bits per heavy atom. The minimum atomic E-state index is -0.778. The molecule has 0 saturated carbocycles. The summed E-state index contributed by atoms with van der Waals surface area (Å²) in [6.45, 7) is 0. The summed E-state index contributed by atoms with van der Waals surface area (Å²) in [7, 11) is 0. The fourth-order valence-electron chi connectivity index (χ4n) is 0.284. The molecule has 0 aromatic rings. The number of nitrogens with two attached hydrogens (primary N) is 1. The van der Waals surface area contributed by atoms with Crippen molar-refractivity contribution < 1.29 is 9.53 Å². The predicted octanol–water partition coefficient (Wildman–Crippen LogP) is -1.15. The average Bonchev–Trinajstić information content (AvgIpc) is 1.68. The molecule has 7 heavy (non-hydrogen) atoms. The molecule has 0 bridgehead atoms. The van der Waals surface area contributed by atoms with Crippen molar-refractivity contribution in [3.8, 4) is 0 Å². The molecule has 4 heteroatoms. The number of carbonyl (C=O) groups is 1. The Morgan fingerprint density at radius 3 is 2.43 bits per heavy atom. The molecular weight excluding hydrogens is 96.0 g/mol.